The molecule has 0 amide bonds. The molecule has 0 saturated heterocycles. The molecular formula is C23H34N2O4Si. The summed E-state index contributed by atoms with van der Waals surface area (Å²) in [4.78, 5) is 11.1. The summed E-state index contributed by atoms with van der Waals surface area (Å²) in [7, 11) is -1.19. The number of para-hydroxylation sites is 1. The maximum absolute atomic E-state index is 11.5. The van der Waals surface area contributed by atoms with Crippen molar-refractivity contribution in [1.82, 2.24) is 0 Å². The Morgan fingerprint density at radius 2 is 1.70 bits per heavy atom. The van der Waals surface area contributed by atoms with Crippen LogP contribution in [-0.4, -0.2) is 26.4 Å². The topological polar surface area (TPSA) is 73.6 Å². The fourth-order valence-electron chi connectivity index (χ4n) is 3.70. The summed E-state index contributed by atoms with van der Waals surface area (Å²) in [6, 6.07) is 17.5. The lowest BCUT2D eigenvalue weighted by molar-refractivity contribution is -0.383. The molecule has 2 aromatic carbocycles. The molecule has 0 aromatic heterocycles. The van der Waals surface area contributed by atoms with E-state index in [9.17, 15) is 10.1 Å². The molecule has 0 radical (unpaired) electrons. The zero-order valence-electron chi connectivity index (χ0n) is 18.6. The van der Waals surface area contributed by atoms with E-state index in [0.29, 0.717) is 18.0 Å². The molecular weight excluding hydrogens is 396 g/mol. The second-order valence-corrected chi connectivity index (χ2v) is 13.2. The third-order valence-corrected chi connectivity index (χ3v) is 11.9. The van der Waals surface area contributed by atoms with E-state index in [1.165, 1.54) is 24.2 Å². The van der Waals surface area contributed by atoms with Crippen molar-refractivity contribution in [2.24, 2.45) is 0 Å². The third kappa shape index (κ3) is 6.31. The van der Waals surface area contributed by atoms with Crippen molar-refractivity contribution in [2.45, 2.75) is 58.3 Å². The molecule has 0 bridgehead atoms. The molecule has 0 fully saturated rings. The molecule has 0 aliphatic carbocycles. The number of benzene rings is 2. The number of hydrogen-bond acceptors (Lipinski definition) is 5. The van der Waals surface area contributed by atoms with Gasteiger partial charge in [0.25, 0.3) is 5.69 Å². The van der Waals surface area contributed by atoms with Gasteiger partial charge < -0.3 is 14.8 Å². The quantitative estimate of drug-likeness (QED) is 0.125. The Balaban J connectivity index is 2.03. The summed E-state index contributed by atoms with van der Waals surface area (Å²) in [5.74, 6) is 0.544. The normalized spacial score (nSPS) is 11.3. The molecule has 0 atom stereocenters. The molecule has 0 heterocycles. The molecule has 1 N–H and O–H groups in total. The summed E-state index contributed by atoms with van der Waals surface area (Å²) in [6.07, 6.45) is 0.832. The Kier molecular flexibility index (Phi) is 9.33. The highest BCUT2D eigenvalue weighted by Gasteiger charge is 2.25. The largest absolute Gasteiger partial charge is 0.467 e. The van der Waals surface area contributed by atoms with Crippen LogP contribution in [0.2, 0.25) is 24.2 Å². The highest BCUT2D eigenvalue weighted by Crippen LogP contribution is 2.33. The minimum atomic E-state index is -1.19. The van der Waals surface area contributed by atoms with Crippen LogP contribution in [0.5, 0.6) is 5.75 Å². The first kappa shape index (κ1) is 23.9. The van der Waals surface area contributed by atoms with Gasteiger partial charge in [-0.05, 0) is 30.2 Å². The number of ether oxygens (including phenoxy) is 2. The zero-order chi connectivity index (χ0) is 22.0. The predicted molar refractivity (Wildman–Crippen MR) is 126 cm³/mol. The number of nitrogens with zero attached hydrogens (tertiary/aromatic N) is 1. The molecule has 0 spiro atoms. The maximum Gasteiger partial charge on any atom is 0.292 e. The van der Waals surface area contributed by atoms with Crippen molar-refractivity contribution in [1.29, 1.82) is 0 Å². The lowest BCUT2D eigenvalue weighted by atomic mass is 10.1. The molecule has 7 heteroatoms. The van der Waals surface area contributed by atoms with Gasteiger partial charge in [-0.2, -0.15) is 0 Å². The number of nitrogens with one attached hydrogen (secondary N) is 1. The van der Waals surface area contributed by atoms with Gasteiger partial charge in [-0.15, -0.1) is 0 Å². The van der Waals surface area contributed by atoms with E-state index < -0.39 is 8.07 Å². The molecule has 0 saturated carbocycles. The smallest absolute Gasteiger partial charge is 0.292 e. The average molecular weight is 431 g/mol. The molecule has 6 nitrogen and oxygen atoms in total. The van der Waals surface area contributed by atoms with Crippen molar-refractivity contribution < 1.29 is 14.4 Å². The summed E-state index contributed by atoms with van der Waals surface area (Å²) in [6.45, 7) is 9.76. The third-order valence-electron chi connectivity index (χ3n) is 6.17. The molecule has 0 aliphatic rings. The van der Waals surface area contributed by atoms with Crippen LogP contribution in [0.15, 0.2) is 42.5 Å². The van der Waals surface area contributed by atoms with E-state index in [2.05, 4.69) is 33.0 Å². The van der Waals surface area contributed by atoms with E-state index in [0.717, 1.165) is 23.7 Å². The molecule has 164 valence electrons. The monoisotopic (exact) mass is 430 g/mol. The fraction of sp³-hybridized carbons (Fsp3) is 0.478. The molecule has 0 unspecified atom stereocenters. The van der Waals surface area contributed by atoms with Crippen LogP contribution in [-0.2, 0) is 11.2 Å². The highest BCUT2D eigenvalue weighted by molar-refractivity contribution is 6.79. The van der Waals surface area contributed by atoms with E-state index in [1.54, 1.807) is 12.1 Å². The number of anilines is 2. The number of hydrogen-bond donors (Lipinski definition) is 1. The standard InChI is InChI=1S/C23H34N2O4Si/c1-5-19-11-9-10-12-21(19)24-22-17-20(13-14-23(22)25(26)27)29-18-28-15-16-30(6-2,7-3)8-4/h9-14,17,24H,5-8,15-16,18H2,1-4H3. The number of nitro benzene ring substituents is 1. The van der Waals surface area contributed by atoms with E-state index in [1.807, 2.05) is 24.3 Å². The lowest BCUT2D eigenvalue weighted by Crippen LogP contribution is -2.32. The summed E-state index contributed by atoms with van der Waals surface area (Å²) >= 11 is 0. The minimum absolute atomic E-state index is 0.0128. The first-order valence-electron chi connectivity index (χ1n) is 10.8. The minimum Gasteiger partial charge on any atom is -0.467 e. The van der Waals surface area contributed by atoms with Gasteiger partial charge in [0.2, 0.25) is 0 Å². The molecule has 2 aromatic rings. The van der Waals surface area contributed by atoms with E-state index in [-0.39, 0.29) is 17.4 Å². The van der Waals surface area contributed by atoms with Crippen molar-refractivity contribution in [3.63, 3.8) is 0 Å². The Morgan fingerprint density at radius 3 is 2.33 bits per heavy atom. The van der Waals surface area contributed by atoms with Crippen LogP contribution in [0.4, 0.5) is 17.1 Å². The van der Waals surface area contributed by atoms with Gasteiger partial charge in [-0.25, -0.2) is 0 Å². The summed E-state index contributed by atoms with van der Waals surface area (Å²) < 4.78 is 11.5. The average Bonchev–Trinajstić information content (AvgIpc) is 2.77. The van der Waals surface area contributed by atoms with Gasteiger partial charge in [-0.1, -0.05) is 64.0 Å². The van der Waals surface area contributed by atoms with Gasteiger partial charge in [0.15, 0.2) is 6.79 Å². The van der Waals surface area contributed by atoms with Crippen molar-refractivity contribution in [3.8, 4) is 5.75 Å². The second kappa shape index (κ2) is 11.7. The van der Waals surface area contributed by atoms with Crippen LogP contribution < -0.4 is 10.1 Å². The Hall–Kier alpha value is -2.38. The van der Waals surface area contributed by atoms with Crippen LogP contribution in [0, 0.1) is 10.1 Å². The first-order chi connectivity index (χ1) is 14.5. The van der Waals surface area contributed by atoms with Gasteiger partial charge in [0, 0.05) is 24.4 Å². The molecule has 30 heavy (non-hydrogen) atoms. The molecule has 2 rings (SSSR count). The molecule has 0 aliphatic heterocycles. The van der Waals surface area contributed by atoms with E-state index in [4.69, 9.17) is 9.47 Å². The summed E-state index contributed by atoms with van der Waals surface area (Å²) in [5, 5.41) is 14.7. The summed E-state index contributed by atoms with van der Waals surface area (Å²) in [5.41, 5.74) is 2.37. The Morgan fingerprint density at radius 1 is 1.00 bits per heavy atom. The van der Waals surface area contributed by atoms with Crippen molar-refractivity contribution in [3.05, 3.63) is 58.1 Å². The van der Waals surface area contributed by atoms with E-state index >= 15 is 0 Å². The number of rotatable bonds is 13. The van der Waals surface area contributed by atoms with Gasteiger partial charge in [-0.3, -0.25) is 10.1 Å². The van der Waals surface area contributed by atoms with Crippen LogP contribution >= 0.6 is 0 Å². The van der Waals surface area contributed by atoms with Crippen LogP contribution in [0.3, 0.4) is 0 Å². The highest BCUT2D eigenvalue weighted by atomic mass is 28.3. The van der Waals surface area contributed by atoms with Gasteiger partial charge in [0.1, 0.15) is 11.4 Å². The SMILES string of the molecule is CCc1ccccc1Nc1cc(OCOCC[Si](CC)(CC)CC)ccc1[N+](=O)[O-]. The predicted octanol–water partition coefficient (Wildman–Crippen LogP) is 6.76. The lowest BCUT2D eigenvalue weighted by Gasteiger charge is -2.27. The first-order valence-corrected chi connectivity index (χ1v) is 13.6. The van der Waals surface area contributed by atoms with Gasteiger partial charge >= 0.3 is 0 Å². The maximum atomic E-state index is 11.5. The number of nitro groups is 1. The van der Waals surface area contributed by atoms with Crippen molar-refractivity contribution in [2.75, 3.05) is 18.7 Å². The van der Waals surface area contributed by atoms with Crippen LogP contribution in [0.1, 0.15) is 33.3 Å². The Bertz CT molecular complexity index is 816. The number of aryl methyl sites for hydroxylation is 1. The van der Waals surface area contributed by atoms with Crippen LogP contribution in [0.25, 0.3) is 0 Å². The zero-order valence-corrected chi connectivity index (χ0v) is 19.6. The Labute approximate surface area is 180 Å². The second-order valence-electron chi connectivity index (χ2n) is 7.55. The fourth-order valence-corrected chi connectivity index (χ4v) is 6.84. The van der Waals surface area contributed by atoms with Gasteiger partial charge in [0.05, 0.1) is 13.0 Å². The van der Waals surface area contributed by atoms with Crippen molar-refractivity contribution >= 4 is 25.1 Å².